The smallest absolute Gasteiger partial charge is 0.244 e. The number of methoxy groups -OCH3 is 1. The van der Waals surface area contributed by atoms with Crippen LogP contribution >= 0.6 is 12.4 Å². The van der Waals surface area contributed by atoms with Crippen molar-refractivity contribution in [1.82, 2.24) is 4.72 Å². The molecule has 0 aromatic heterocycles. The number of hydrogen-bond acceptors (Lipinski definition) is 4. The molecule has 0 radical (unpaired) electrons. The molecular formula is C12H21ClN2O3S. The third-order valence-electron chi connectivity index (χ3n) is 2.59. The Labute approximate surface area is 121 Å². The quantitative estimate of drug-likeness (QED) is 0.860. The normalized spacial score (nSPS) is 12.7. The SMILES string of the molecule is COc1c(C)cc(C)cc1S(=O)(=O)N[C@@H](C)CN.Cl. The maximum absolute atomic E-state index is 12.2. The van der Waals surface area contributed by atoms with E-state index in [1.165, 1.54) is 7.11 Å². The number of aryl methyl sites for hydroxylation is 2. The zero-order valence-electron chi connectivity index (χ0n) is 11.6. The van der Waals surface area contributed by atoms with Gasteiger partial charge in [0.2, 0.25) is 10.0 Å². The topological polar surface area (TPSA) is 81.4 Å². The van der Waals surface area contributed by atoms with Crippen molar-refractivity contribution in [2.75, 3.05) is 13.7 Å². The second kappa shape index (κ2) is 7.09. The van der Waals surface area contributed by atoms with Crippen molar-refractivity contribution in [3.05, 3.63) is 23.3 Å². The maximum Gasteiger partial charge on any atom is 0.244 e. The summed E-state index contributed by atoms with van der Waals surface area (Å²) >= 11 is 0. The Morgan fingerprint density at radius 2 is 1.95 bits per heavy atom. The molecule has 1 atom stereocenters. The molecule has 7 heteroatoms. The third-order valence-corrected chi connectivity index (χ3v) is 4.18. The first kappa shape index (κ1) is 18.2. The van der Waals surface area contributed by atoms with Crippen LogP contribution in [0.1, 0.15) is 18.1 Å². The van der Waals surface area contributed by atoms with Crippen LogP contribution in [0.5, 0.6) is 5.75 Å². The average molecular weight is 309 g/mol. The monoisotopic (exact) mass is 308 g/mol. The van der Waals surface area contributed by atoms with E-state index in [1.54, 1.807) is 13.0 Å². The lowest BCUT2D eigenvalue weighted by atomic mass is 10.1. The van der Waals surface area contributed by atoms with Crippen molar-refractivity contribution in [3.63, 3.8) is 0 Å². The third kappa shape index (κ3) is 4.35. The van der Waals surface area contributed by atoms with Crippen LogP contribution in [0.15, 0.2) is 17.0 Å². The van der Waals surface area contributed by atoms with E-state index in [9.17, 15) is 8.42 Å². The Hall–Kier alpha value is -0.820. The summed E-state index contributed by atoms with van der Waals surface area (Å²) in [6, 6.07) is 3.15. The summed E-state index contributed by atoms with van der Waals surface area (Å²) in [5.74, 6) is 0.373. The van der Waals surface area contributed by atoms with Crippen molar-refractivity contribution < 1.29 is 13.2 Å². The van der Waals surface area contributed by atoms with E-state index in [0.717, 1.165) is 11.1 Å². The molecule has 0 aliphatic heterocycles. The zero-order valence-corrected chi connectivity index (χ0v) is 13.2. The highest BCUT2D eigenvalue weighted by Crippen LogP contribution is 2.29. The lowest BCUT2D eigenvalue weighted by Crippen LogP contribution is -2.37. The maximum atomic E-state index is 12.2. The number of ether oxygens (including phenoxy) is 1. The van der Waals surface area contributed by atoms with Gasteiger partial charge in [-0.2, -0.15) is 0 Å². The number of halogens is 1. The number of hydrogen-bond donors (Lipinski definition) is 2. The summed E-state index contributed by atoms with van der Waals surface area (Å²) in [5, 5.41) is 0. The molecule has 0 unspecified atom stereocenters. The molecule has 0 spiro atoms. The molecule has 3 N–H and O–H groups in total. The number of sulfonamides is 1. The molecule has 0 bridgehead atoms. The first-order valence-electron chi connectivity index (χ1n) is 5.69. The molecule has 0 aliphatic rings. The van der Waals surface area contributed by atoms with Crippen LogP contribution in [0, 0.1) is 13.8 Å². The van der Waals surface area contributed by atoms with Crippen molar-refractivity contribution >= 4 is 22.4 Å². The van der Waals surface area contributed by atoms with Gasteiger partial charge in [-0.1, -0.05) is 6.07 Å². The summed E-state index contributed by atoms with van der Waals surface area (Å²) < 4.78 is 32.2. The van der Waals surface area contributed by atoms with Gasteiger partial charge in [-0.3, -0.25) is 0 Å². The lowest BCUT2D eigenvalue weighted by molar-refractivity contribution is 0.398. The van der Waals surface area contributed by atoms with Crippen LogP contribution in [0.4, 0.5) is 0 Å². The minimum Gasteiger partial charge on any atom is -0.495 e. The highest BCUT2D eigenvalue weighted by molar-refractivity contribution is 7.89. The van der Waals surface area contributed by atoms with E-state index >= 15 is 0 Å². The fourth-order valence-electron chi connectivity index (χ4n) is 1.75. The zero-order chi connectivity index (χ0) is 13.9. The van der Waals surface area contributed by atoms with Gasteiger partial charge in [-0.15, -0.1) is 12.4 Å². The van der Waals surface area contributed by atoms with Crippen LogP contribution in [-0.4, -0.2) is 28.1 Å². The fourth-order valence-corrected chi connectivity index (χ4v) is 3.34. The first-order chi connectivity index (χ1) is 8.31. The second-order valence-electron chi connectivity index (χ2n) is 4.37. The summed E-state index contributed by atoms with van der Waals surface area (Å²) in [6.07, 6.45) is 0. The van der Waals surface area contributed by atoms with E-state index in [-0.39, 0.29) is 29.9 Å². The van der Waals surface area contributed by atoms with E-state index in [2.05, 4.69) is 4.72 Å². The molecule has 0 aliphatic carbocycles. The molecule has 110 valence electrons. The number of benzene rings is 1. The van der Waals surface area contributed by atoms with E-state index in [0.29, 0.717) is 5.75 Å². The molecule has 19 heavy (non-hydrogen) atoms. The molecule has 1 rings (SSSR count). The predicted molar refractivity (Wildman–Crippen MR) is 78.6 cm³/mol. The Balaban J connectivity index is 0.00000324. The predicted octanol–water partition coefficient (Wildman–Crippen LogP) is 1.36. The van der Waals surface area contributed by atoms with Gasteiger partial charge in [0, 0.05) is 12.6 Å². The highest BCUT2D eigenvalue weighted by Gasteiger charge is 2.22. The fraction of sp³-hybridized carbons (Fsp3) is 0.500. The number of rotatable bonds is 5. The molecule has 0 saturated heterocycles. The van der Waals surface area contributed by atoms with Gasteiger partial charge in [0.25, 0.3) is 0 Å². The minimum atomic E-state index is -3.61. The first-order valence-corrected chi connectivity index (χ1v) is 7.17. The van der Waals surface area contributed by atoms with Crippen molar-refractivity contribution in [1.29, 1.82) is 0 Å². The van der Waals surface area contributed by atoms with Crippen molar-refractivity contribution in [2.24, 2.45) is 5.73 Å². The van der Waals surface area contributed by atoms with Gasteiger partial charge < -0.3 is 10.5 Å². The van der Waals surface area contributed by atoms with E-state index in [4.69, 9.17) is 10.5 Å². The summed E-state index contributed by atoms with van der Waals surface area (Å²) in [5.41, 5.74) is 7.09. The minimum absolute atomic E-state index is 0. The molecule has 1 aromatic rings. The van der Waals surface area contributed by atoms with Crippen LogP contribution in [0.3, 0.4) is 0 Å². The molecule has 1 aromatic carbocycles. The van der Waals surface area contributed by atoms with Crippen LogP contribution < -0.4 is 15.2 Å². The standard InChI is InChI=1S/C12H20N2O3S.ClH/c1-8-5-9(2)12(17-4)11(6-8)18(15,16)14-10(3)7-13;/h5-6,10,14H,7,13H2,1-4H3;1H/t10-;/m0./s1. The number of nitrogens with two attached hydrogens (primary N) is 1. The van der Waals surface area contributed by atoms with Crippen LogP contribution in [-0.2, 0) is 10.0 Å². The average Bonchev–Trinajstić information content (AvgIpc) is 2.27. The Morgan fingerprint density at radius 1 is 1.37 bits per heavy atom. The Morgan fingerprint density at radius 3 is 2.42 bits per heavy atom. The van der Waals surface area contributed by atoms with Crippen molar-refractivity contribution in [3.8, 4) is 5.75 Å². The van der Waals surface area contributed by atoms with Gasteiger partial charge in [0.15, 0.2) is 0 Å². The molecule has 0 amide bonds. The van der Waals surface area contributed by atoms with Crippen LogP contribution in [0.25, 0.3) is 0 Å². The van der Waals surface area contributed by atoms with Gasteiger partial charge >= 0.3 is 0 Å². The Kier molecular flexibility index (Phi) is 6.79. The highest BCUT2D eigenvalue weighted by atomic mass is 35.5. The summed E-state index contributed by atoms with van der Waals surface area (Å²) in [4.78, 5) is 0.155. The Bertz CT molecular complexity index is 532. The largest absolute Gasteiger partial charge is 0.495 e. The van der Waals surface area contributed by atoms with E-state index in [1.807, 2.05) is 19.9 Å². The number of nitrogens with one attached hydrogen (secondary N) is 1. The molecule has 0 fully saturated rings. The van der Waals surface area contributed by atoms with E-state index < -0.39 is 10.0 Å². The second-order valence-corrected chi connectivity index (χ2v) is 6.05. The molecule has 0 heterocycles. The van der Waals surface area contributed by atoms with Crippen LogP contribution in [0.2, 0.25) is 0 Å². The molecule has 0 saturated carbocycles. The molecular weight excluding hydrogens is 288 g/mol. The lowest BCUT2D eigenvalue weighted by Gasteiger charge is -2.16. The van der Waals surface area contributed by atoms with Gasteiger partial charge in [0.05, 0.1) is 7.11 Å². The molecule has 5 nitrogen and oxygen atoms in total. The summed E-state index contributed by atoms with van der Waals surface area (Å²) in [7, 11) is -2.15. The van der Waals surface area contributed by atoms with Gasteiger partial charge in [-0.25, -0.2) is 13.1 Å². The summed E-state index contributed by atoms with van der Waals surface area (Å²) in [6.45, 7) is 5.62. The van der Waals surface area contributed by atoms with Gasteiger partial charge in [0.1, 0.15) is 10.6 Å². The van der Waals surface area contributed by atoms with Crippen molar-refractivity contribution in [2.45, 2.75) is 31.7 Å². The van der Waals surface area contributed by atoms with Gasteiger partial charge in [-0.05, 0) is 38.0 Å².